The second kappa shape index (κ2) is 8.63. The van der Waals surface area contributed by atoms with Crippen LogP contribution < -0.4 is 5.32 Å². The lowest BCUT2D eigenvalue weighted by molar-refractivity contribution is -0.120. The number of benzene rings is 1. The molecule has 0 aliphatic heterocycles. The van der Waals surface area contributed by atoms with Gasteiger partial charge in [-0.1, -0.05) is 37.3 Å². The van der Waals surface area contributed by atoms with E-state index in [1.54, 1.807) is 18.2 Å². The van der Waals surface area contributed by atoms with E-state index < -0.39 is 0 Å². The molecule has 0 aromatic heterocycles. The molecule has 3 nitrogen and oxygen atoms in total. The Kier molecular flexibility index (Phi) is 7.14. The van der Waals surface area contributed by atoms with Gasteiger partial charge in [0, 0.05) is 22.9 Å². The van der Waals surface area contributed by atoms with E-state index in [-0.39, 0.29) is 18.4 Å². The molecule has 1 aromatic rings. The molecule has 0 fully saturated rings. The number of carbonyl (C=O) groups excluding carboxylic acids is 1. The highest BCUT2D eigenvalue weighted by atomic mass is 35.5. The Morgan fingerprint density at radius 1 is 1.40 bits per heavy atom. The van der Waals surface area contributed by atoms with Crippen molar-refractivity contribution in [2.75, 3.05) is 11.9 Å². The topological polar surface area (TPSA) is 49.3 Å². The third-order valence-electron chi connectivity index (χ3n) is 3.06. The molecule has 2 N–H and O–H groups in total. The first-order valence-electron chi connectivity index (χ1n) is 6.82. The molecular weight excluding hydrogens is 274 g/mol. The molecule has 0 saturated carbocycles. The van der Waals surface area contributed by atoms with Crippen LogP contribution in [0.4, 0.5) is 5.69 Å². The maximum absolute atomic E-state index is 12.1. The van der Waals surface area contributed by atoms with Crippen LogP contribution in [0.25, 0.3) is 0 Å². The van der Waals surface area contributed by atoms with E-state index in [4.69, 9.17) is 16.7 Å². The van der Waals surface area contributed by atoms with Crippen molar-refractivity contribution < 1.29 is 9.90 Å². The van der Waals surface area contributed by atoms with Crippen LogP contribution in [-0.4, -0.2) is 17.6 Å². The van der Waals surface area contributed by atoms with Crippen LogP contribution in [0.5, 0.6) is 0 Å². The number of aliphatic hydroxyl groups excluding tert-OH is 1. The molecule has 1 amide bonds. The molecule has 108 valence electrons. The van der Waals surface area contributed by atoms with Gasteiger partial charge in [0.15, 0.2) is 0 Å². The van der Waals surface area contributed by atoms with E-state index in [1.807, 2.05) is 13.8 Å². The maximum atomic E-state index is 12.1. The van der Waals surface area contributed by atoms with E-state index in [2.05, 4.69) is 17.2 Å². The Labute approximate surface area is 125 Å². The number of carbonyl (C=O) groups is 1. The summed E-state index contributed by atoms with van der Waals surface area (Å²) in [5.74, 6) is 5.77. The second-order valence-corrected chi connectivity index (χ2v) is 4.90. The molecule has 0 spiro atoms. The Balaban J connectivity index is 2.95. The van der Waals surface area contributed by atoms with Gasteiger partial charge in [-0.05, 0) is 31.0 Å². The molecule has 0 bridgehead atoms. The van der Waals surface area contributed by atoms with Crippen LogP contribution >= 0.6 is 11.6 Å². The number of anilines is 1. The summed E-state index contributed by atoms with van der Waals surface area (Å²) in [4.78, 5) is 12.1. The second-order valence-electron chi connectivity index (χ2n) is 4.47. The SMILES string of the molecule is CCC(CC)C(=O)Nc1ccc(Cl)cc1C#CCCO. The van der Waals surface area contributed by atoms with Gasteiger partial charge in [0.25, 0.3) is 0 Å². The molecule has 0 aliphatic rings. The molecule has 0 atom stereocenters. The molecule has 0 saturated heterocycles. The van der Waals surface area contributed by atoms with Crippen LogP contribution in [0.1, 0.15) is 38.7 Å². The molecule has 0 unspecified atom stereocenters. The highest BCUT2D eigenvalue weighted by Gasteiger charge is 2.15. The molecule has 1 aromatic carbocycles. The zero-order valence-corrected chi connectivity index (χ0v) is 12.6. The molecule has 20 heavy (non-hydrogen) atoms. The summed E-state index contributed by atoms with van der Waals surface area (Å²) in [6.07, 6.45) is 2.01. The largest absolute Gasteiger partial charge is 0.395 e. The van der Waals surface area contributed by atoms with E-state index in [0.29, 0.717) is 22.7 Å². The van der Waals surface area contributed by atoms with Gasteiger partial charge in [-0.3, -0.25) is 4.79 Å². The quantitative estimate of drug-likeness (QED) is 0.817. The fourth-order valence-electron chi connectivity index (χ4n) is 1.84. The van der Waals surface area contributed by atoms with Gasteiger partial charge in [0.05, 0.1) is 12.3 Å². The smallest absolute Gasteiger partial charge is 0.227 e. The number of nitrogens with one attached hydrogen (secondary N) is 1. The van der Waals surface area contributed by atoms with Gasteiger partial charge >= 0.3 is 0 Å². The highest BCUT2D eigenvalue weighted by Crippen LogP contribution is 2.21. The van der Waals surface area contributed by atoms with Gasteiger partial charge < -0.3 is 10.4 Å². The van der Waals surface area contributed by atoms with Crippen LogP contribution in [-0.2, 0) is 4.79 Å². The van der Waals surface area contributed by atoms with Gasteiger partial charge in [-0.15, -0.1) is 0 Å². The Morgan fingerprint density at radius 3 is 2.70 bits per heavy atom. The molecule has 1 rings (SSSR count). The van der Waals surface area contributed by atoms with E-state index in [1.165, 1.54) is 0 Å². The first-order valence-corrected chi connectivity index (χ1v) is 7.20. The van der Waals surface area contributed by atoms with Crippen molar-refractivity contribution >= 4 is 23.2 Å². The number of halogens is 1. The fourth-order valence-corrected chi connectivity index (χ4v) is 2.01. The van der Waals surface area contributed by atoms with Gasteiger partial charge in [0.2, 0.25) is 5.91 Å². The zero-order chi connectivity index (χ0) is 15.0. The Hall–Kier alpha value is -1.50. The van der Waals surface area contributed by atoms with Crippen molar-refractivity contribution in [3.63, 3.8) is 0 Å². The van der Waals surface area contributed by atoms with Gasteiger partial charge in [-0.2, -0.15) is 0 Å². The van der Waals surface area contributed by atoms with E-state index >= 15 is 0 Å². The Bertz CT molecular complexity index is 513. The maximum Gasteiger partial charge on any atom is 0.227 e. The minimum Gasteiger partial charge on any atom is -0.395 e. The highest BCUT2D eigenvalue weighted by molar-refractivity contribution is 6.30. The monoisotopic (exact) mass is 293 g/mol. The average Bonchev–Trinajstić information content (AvgIpc) is 2.43. The number of rotatable bonds is 5. The van der Waals surface area contributed by atoms with Gasteiger partial charge in [-0.25, -0.2) is 0 Å². The zero-order valence-electron chi connectivity index (χ0n) is 11.9. The first-order chi connectivity index (χ1) is 9.62. The van der Waals surface area contributed by atoms with Crippen molar-refractivity contribution in [1.29, 1.82) is 0 Å². The minimum atomic E-state index is 0.00234. The van der Waals surface area contributed by atoms with Gasteiger partial charge in [0.1, 0.15) is 0 Å². The van der Waals surface area contributed by atoms with E-state index in [0.717, 1.165) is 12.8 Å². The van der Waals surface area contributed by atoms with Crippen LogP contribution in [0.15, 0.2) is 18.2 Å². The molecular formula is C16H20ClNO2. The lowest BCUT2D eigenvalue weighted by Gasteiger charge is -2.14. The average molecular weight is 294 g/mol. The predicted molar refractivity (Wildman–Crippen MR) is 82.7 cm³/mol. The van der Waals surface area contributed by atoms with E-state index in [9.17, 15) is 4.79 Å². The van der Waals surface area contributed by atoms with Crippen molar-refractivity contribution in [3.05, 3.63) is 28.8 Å². The first kappa shape index (κ1) is 16.6. The van der Waals surface area contributed by atoms with Crippen LogP contribution in [0.3, 0.4) is 0 Å². The number of hydrogen-bond donors (Lipinski definition) is 2. The normalized spacial score (nSPS) is 10.1. The summed E-state index contributed by atoms with van der Waals surface area (Å²) >= 11 is 5.95. The summed E-state index contributed by atoms with van der Waals surface area (Å²) in [6.45, 7) is 4.01. The number of hydrogen-bond acceptors (Lipinski definition) is 2. The summed E-state index contributed by atoms with van der Waals surface area (Å²) in [5, 5.41) is 12.2. The molecule has 0 heterocycles. The van der Waals surface area contributed by atoms with Crippen LogP contribution in [0, 0.1) is 17.8 Å². The van der Waals surface area contributed by atoms with Crippen molar-refractivity contribution in [3.8, 4) is 11.8 Å². The summed E-state index contributed by atoms with van der Waals surface area (Å²) in [6, 6.07) is 5.20. The molecule has 4 heteroatoms. The summed E-state index contributed by atoms with van der Waals surface area (Å²) in [5.41, 5.74) is 1.34. The fraction of sp³-hybridized carbons (Fsp3) is 0.438. The predicted octanol–water partition coefficient (Wildman–Crippen LogP) is 3.45. The summed E-state index contributed by atoms with van der Waals surface area (Å²) < 4.78 is 0. The third kappa shape index (κ3) is 4.88. The lowest BCUT2D eigenvalue weighted by Crippen LogP contribution is -2.22. The molecule has 0 aliphatic carbocycles. The van der Waals surface area contributed by atoms with Crippen molar-refractivity contribution in [2.45, 2.75) is 33.1 Å². The Morgan fingerprint density at radius 2 is 2.10 bits per heavy atom. The standard InChI is InChI=1S/C16H20ClNO2/c1-3-12(4-2)16(20)18-15-9-8-14(17)11-13(15)7-5-6-10-19/h8-9,11-12,19H,3-4,6,10H2,1-2H3,(H,18,20). The molecule has 0 radical (unpaired) electrons. The lowest BCUT2D eigenvalue weighted by atomic mass is 10.0. The minimum absolute atomic E-state index is 0.00234. The number of amides is 1. The van der Waals surface area contributed by atoms with Crippen molar-refractivity contribution in [1.82, 2.24) is 0 Å². The summed E-state index contributed by atoms with van der Waals surface area (Å²) in [7, 11) is 0. The van der Waals surface area contributed by atoms with Crippen LogP contribution in [0.2, 0.25) is 5.02 Å². The third-order valence-corrected chi connectivity index (χ3v) is 3.29. The van der Waals surface area contributed by atoms with Crippen molar-refractivity contribution in [2.24, 2.45) is 5.92 Å². The number of aliphatic hydroxyl groups is 1.